The molecular weight excluding hydrogens is 559 g/mol. The van der Waals surface area contributed by atoms with E-state index in [2.05, 4.69) is 20.3 Å². The average molecular weight is 580 g/mol. The summed E-state index contributed by atoms with van der Waals surface area (Å²) in [6.07, 6.45) is 0. The molecule has 2 heterocycles. The molecule has 0 aliphatic carbocycles. The van der Waals surface area contributed by atoms with E-state index in [0.29, 0.717) is 22.1 Å². The minimum absolute atomic E-state index is 0.00951. The molecule has 0 fully saturated rings. The standard InChI is InChI=1S/C17H11N3O3.C8H10AsNO5/c21-16-15(19-12-3-1-2-4-13(12)20-16)14-8-10-7-9(17(22)23)5-6-11(10)18-14;1-5(11)10-7-4-2-3-6(8(7)12)9(13,14)15/h1-8,18H,(H,20,21)(H,22,23);2-4,12H,1H3,(H,10,11)(H2,13,14,15). The van der Waals surface area contributed by atoms with Gasteiger partial charge in [-0.2, -0.15) is 0 Å². The van der Waals surface area contributed by atoms with Gasteiger partial charge in [0.1, 0.15) is 0 Å². The van der Waals surface area contributed by atoms with E-state index in [9.17, 15) is 23.2 Å². The Morgan fingerprint density at radius 1 is 0.947 bits per heavy atom. The van der Waals surface area contributed by atoms with Gasteiger partial charge in [-0.1, -0.05) is 12.1 Å². The van der Waals surface area contributed by atoms with Gasteiger partial charge in [-0.25, -0.2) is 9.78 Å². The Labute approximate surface area is 216 Å². The van der Waals surface area contributed by atoms with Crippen LogP contribution in [-0.2, 0) is 8.53 Å². The molecule has 0 aliphatic heterocycles. The molecule has 1 amide bonds. The van der Waals surface area contributed by atoms with Gasteiger partial charge in [-0.05, 0) is 36.4 Å². The van der Waals surface area contributed by atoms with Crippen molar-refractivity contribution < 1.29 is 31.7 Å². The summed E-state index contributed by atoms with van der Waals surface area (Å²) in [6.45, 7) is 1.23. The van der Waals surface area contributed by atoms with Gasteiger partial charge in [-0.15, -0.1) is 0 Å². The van der Waals surface area contributed by atoms with E-state index in [-0.39, 0.29) is 22.5 Å². The van der Waals surface area contributed by atoms with Crippen LogP contribution in [0.25, 0.3) is 33.3 Å². The number of para-hydroxylation sites is 3. The summed E-state index contributed by atoms with van der Waals surface area (Å²) in [7, 11) is 0. The number of phenols is 1. The van der Waals surface area contributed by atoms with Crippen molar-refractivity contribution >= 4 is 58.0 Å². The van der Waals surface area contributed by atoms with Crippen molar-refractivity contribution in [2.45, 2.75) is 6.92 Å². The number of phenolic OH excluding ortho intramolecular Hbond substituents is 1. The molecule has 0 aliphatic rings. The molecule has 7 N–H and O–H groups in total. The van der Waals surface area contributed by atoms with Crippen molar-refractivity contribution in [1.82, 2.24) is 15.0 Å². The first-order valence-corrected chi connectivity index (χ1v) is 14.3. The summed E-state index contributed by atoms with van der Waals surface area (Å²) in [6, 6.07) is 17.6. The van der Waals surface area contributed by atoms with Crippen LogP contribution in [0.4, 0.5) is 5.69 Å². The number of carboxylic acids is 1. The number of H-pyrrole nitrogens is 2. The number of aromatic nitrogens is 3. The van der Waals surface area contributed by atoms with Gasteiger partial charge >= 0.3 is 94.1 Å². The zero-order valence-electron chi connectivity index (χ0n) is 19.7. The summed E-state index contributed by atoms with van der Waals surface area (Å²) in [5.74, 6) is -2.00. The first kappa shape index (κ1) is 26.4. The van der Waals surface area contributed by atoms with E-state index in [1.807, 2.05) is 18.2 Å². The fourth-order valence-electron chi connectivity index (χ4n) is 3.66. The quantitative estimate of drug-likeness (QED) is 0.122. The number of carbonyl (C=O) groups excluding carboxylic acids is 1. The normalized spacial score (nSPS) is 11.1. The van der Waals surface area contributed by atoms with Gasteiger partial charge in [0.15, 0.2) is 5.69 Å². The molecule has 0 radical (unpaired) electrons. The molecule has 5 aromatic rings. The molecule has 194 valence electrons. The second-order valence-corrected chi connectivity index (χ2v) is 11.4. The molecule has 0 atom stereocenters. The maximum atomic E-state index is 12.3. The Morgan fingerprint density at radius 2 is 1.68 bits per heavy atom. The van der Waals surface area contributed by atoms with Crippen molar-refractivity contribution in [1.29, 1.82) is 0 Å². The van der Waals surface area contributed by atoms with E-state index >= 15 is 0 Å². The first-order chi connectivity index (χ1) is 17.9. The Balaban J connectivity index is 0.000000196. The number of nitrogens with one attached hydrogen (secondary N) is 3. The van der Waals surface area contributed by atoms with Crippen LogP contribution in [0.15, 0.2) is 71.5 Å². The summed E-state index contributed by atoms with van der Waals surface area (Å²) >= 11 is -5.15. The number of aromatic hydroxyl groups is 1. The van der Waals surface area contributed by atoms with Crippen molar-refractivity contribution in [2.24, 2.45) is 0 Å². The number of nitrogens with zero attached hydrogens (tertiary/aromatic N) is 1. The summed E-state index contributed by atoms with van der Waals surface area (Å²) < 4.78 is 28.4. The number of rotatable bonds is 4. The van der Waals surface area contributed by atoms with Crippen molar-refractivity contribution in [3.8, 4) is 17.1 Å². The van der Waals surface area contributed by atoms with E-state index in [0.717, 1.165) is 11.6 Å². The number of amides is 1. The van der Waals surface area contributed by atoms with E-state index < -0.39 is 36.1 Å². The van der Waals surface area contributed by atoms with Crippen molar-refractivity contribution in [3.05, 3.63) is 82.6 Å². The molecule has 0 saturated heterocycles. The fourth-order valence-corrected chi connectivity index (χ4v) is 5.08. The molecule has 0 unspecified atom stereocenters. The smallest absolute Gasteiger partial charge is 0.335 e. The van der Waals surface area contributed by atoms with Gasteiger partial charge in [0.2, 0.25) is 0 Å². The Kier molecular flexibility index (Phi) is 7.22. The molecule has 5 rings (SSSR count). The summed E-state index contributed by atoms with van der Waals surface area (Å²) in [4.78, 5) is 44.3. The predicted molar refractivity (Wildman–Crippen MR) is 140 cm³/mol. The van der Waals surface area contributed by atoms with Gasteiger partial charge in [0, 0.05) is 10.9 Å². The second-order valence-electron chi connectivity index (χ2n) is 8.12. The SMILES string of the molecule is CC(=O)Nc1cccc([As](=O)(O)O)c1O.O=C(O)c1ccc2[nH]c(-c3nc4ccccc4[nH]c3=O)cc2c1. The third-order valence-corrected chi connectivity index (χ3v) is 7.44. The van der Waals surface area contributed by atoms with Gasteiger partial charge in [0.05, 0.1) is 22.3 Å². The molecule has 13 heteroatoms. The van der Waals surface area contributed by atoms with Crippen LogP contribution in [0, 0.1) is 0 Å². The van der Waals surface area contributed by atoms with Crippen LogP contribution in [-0.4, -0.2) is 59.4 Å². The van der Waals surface area contributed by atoms with Gasteiger partial charge < -0.3 is 15.1 Å². The minimum Gasteiger partial charge on any atom is -0.478 e. The molecule has 38 heavy (non-hydrogen) atoms. The number of carbonyl (C=O) groups is 2. The van der Waals surface area contributed by atoms with Crippen molar-refractivity contribution in [2.75, 3.05) is 5.32 Å². The van der Waals surface area contributed by atoms with E-state index in [1.54, 1.807) is 24.3 Å². The molecular formula is C25H21AsN4O8. The van der Waals surface area contributed by atoms with Crippen LogP contribution in [0.1, 0.15) is 17.3 Å². The number of benzene rings is 3. The summed E-state index contributed by atoms with van der Waals surface area (Å²) in [5.41, 5.74) is 2.82. The van der Waals surface area contributed by atoms with Crippen LogP contribution < -0.4 is 15.2 Å². The Morgan fingerprint density at radius 3 is 2.37 bits per heavy atom. The number of fused-ring (bicyclic) bond motifs is 2. The largest absolute Gasteiger partial charge is 0.478 e. The third kappa shape index (κ3) is 5.68. The second kappa shape index (κ2) is 10.4. The number of hydrogen-bond acceptors (Lipinski definition) is 6. The molecule has 0 bridgehead atoms. The van der Waals surface area contributed by atoms with E-state index in [4.69, 9.17) is 13.3 Å². The maximum absolute atomic E-state index is 12.3. The van der Waals surface area contributed by atoms with Gasteiger partial charge in [0.25, 0.3) is 5.56 Å². The topological polar surface area (TPSA) is 206 Å². The average Bonchev–Trinajstić information content (AvgIpc) is 3.27. The maximum Gasteiger partial charge on any atom is 0.335 e. The van der Waals surface area contributed by atoms with Crippen LogP contribution >= 0.6 is 0 Å². The monoisotopic (exact) mass is 580 g/mol. The molecule has 3 aromatic carbocycles. The summed E-state index contributed by atoms with van der Waals surface area (Å²) in [5, 5.41) is 21.5. The predicted octanol–water partition coefficient (Wildman–Crippen LogP) is 1.68. The first-order valence-electron chi connectivity index (χ1n) is 10.9. The zero-order valence-corrected chi connectivity index (χ0v) is 21.5. The van der Waals surface area contributed by atoms with Crippen molar-refractivity contribution in [3.63, 3.8) is 0 Å². The number of hydrogen-bond donors (Lipinski definition) is 7. The molecule has 2 aromatic heterocycles. The number of aromatic carboxylic acids is 1. The number of anilines is 1. The zero-order chi connectivity index (χ0) is 27.6. The Hall–Kier alpha value is -4.64. The van der Waals surface area contributed by atoms with E-state index in [1.165, 1.54) is 25.1 Å². The molecule has 0 saturated carbocycles. The van der Waals surface area contributed by atoms with Crippen LogP contribution in [0.2, 0.25) is 0 Å². The fraction of sp³-hybridized carbons (Fsp3) is 0.0400. The van der Waals surface area contributed by atoms with Crippen LogP contribution in [0.5, 0.6) is 5.75 Å². The van der Waals surface area contributed by atoms with Gasteiger partial charge in [-0.3, -0.25) is 4.79 Å². The molecule has 12 nitrogen and oxygen atoms in total. The van der Waals surface area contributed by atoms with Crippen LogP contribution in [0.3, 0.4) is 0 Å². The molecule has 0 spiro atoms. The number of aromatic amines is 2. The minimum atomic E-state index is -5.15. The number of carboxylic acid groups (broad SMARTS) is 1. The third-order valence-electron chi connectivity index (χ3n) is 5.36. The Bertz CT molecular complexity index is 1800.